The number of benzene rings is 1. The molecule has 112 valence electrons. The first kappa shape index (κ1) is 11.1. The minimum absolute atomic E-state index is 0.304. The minimum atomic E-state index is -2.14. The van der Waals surface area contributed by atoms with Crippen molar-refractivity contribution >= 4 is 0 Å². The van der Waals surface area contributed by atoms with Crippen LogP contribution in [0.1, 0.15) is 65.0 Å². The third kappa shape index (κ3) is 2.41. The van der Waals surface area contributed by atoms with Crippen LogP contribution in [0.2, 0.25) is 0 Å². The van der Waals surface area contributed by atoms with Crippen molar-refractivity contribution in [2.45, 2.75) is 65.8 Å². The molecule has 0 amide bonds. The highest BCUT2D eigenvalue weighted by atomic mass is 15.2. The molecule has 0 N–H and O–H groups in total. The second-order valence-electron chi connectivity index (χ2n) is 6.28. The van der Waals surface area contributed by atoms with Gasteiger partial charge in [0.05, 0.1) is 0 Å². The summed E-state index contributed by atoms with van der Waals surface area (Å²) < 4.78 is 28.7. The van der Waals surface area contributed by atoms with Gasteiger partial charge in [-0.2, -0.15) is 4.57 Å². The lowest BCUT2D eigenvalue weighted by Gasteiger charge is -2.20. The quantitative estimate of drug-likeness (QED) is 0.719. The van der Waals surface area contributed by atoms with E-state index in [0.29, 0.717) is 11.9 Å². The molecule has 1 fully saturated rings. The fourth-order valence-electron chi connectivity index (χ4n) is 3.66. The molecule has 0 spiro atoms. The molecule has 0 bridgehead atoms. The molecule has 0 saturated heterocycles. The summed E-state index contributed by atoms with van der Waals surface area (Å²) in [5.41, 5.74) is 4.17. The highest BCUT2D eigenvalue weighted by Crippen LogP contribution is 2.27. The van der Waals surface area contributed by atoms with E-state index in [1.807, 2.05) is 42.7 Å². The SMILES string of the molecule is [2H]C([2H])([2H])c1n(-c2ccccc2C)c(C)c(C)[n+]1C1CCCCC1. The van der Waals surface area contributed by atoms with E-state index in [0.717, 1.165) is 35.5 Å². The van der Waals surface area contributed by atoms with Gasteiger partial charge in [0.1, 0.15) is 23.1 Å². The smallest absolute Gasteiger partial charge is 0.229 e. The molecular formula is C19H27N2+. The lowest BCUT2D eigenvalue weighted by Crippen LogP contribution is -2.44. The Labute approximate surface area is 132 Å². The Morgan fingerprint density at radius 2 is 1.81 bits per heavy atom. The van der Waals surface area contributed by atoms with Gasteiger partial charge >= 0.3 is 0 Å². The first-order valence-electron chi connectivity index (χ1n) is 9.52. The number of aryl methyl sites for hydroxylation is 1. The van der Waals surface area contributed by atoms with Gasteiger partial charge in [-0.25, -0.2) is 4.57 Å². The monoisotopic (exact) mass is 286 g/mol. The molecule has 2 nitrogen and oxygen atoms in total. The first-order chi connectivity index (χ1) is 11.3. The van der Waals surface area contributed by atoms with Crippen molar-refractivity contribution in [1.29, 1.82) is 0 Å². The number of rotatable bonds is 2. The van der Waals surface area contributed by atoms with Crippen molar-refractivity contribution in [2.24, 2.45) is 0 Å². The zero-order valence-corrected chi connectivity index (χ0v) is 13.3. The van der Waals surface area contributed by atoms with Crippen molar-refractivity contribution in [2.75, 3.05) is 0 Å². The Morgan fingerprint density at radius 3 is 2.48 bits per heavy atom. The molecule has 3 rings (SSSR count). The molecule has 1 aliphatic rings. The zero-order valence-electron chi connectivity index (χ0n) is 16.3. The van der Waals surface area contributed by atoms with Crippen LogP contribution in [0.5, 0.6) is 0 Å². The number of hydrogen-bond donors (Lipinski definition) is 0. The van der Waals surface area contributed by atoms with E-state index in [2.05, 4.69) is 11.5 Å². The summed E-state index contributed by atoms with van der Waals surface area (Å²) in [4.78, 5) is 0. The van der Waals surface area contributed by atoms with Gasteiger partial charge in [-0.1, -0.05) is 24.6 Å². The van der Waals surface area contributed by atoms with Crippen LogP contribution in [-0.4, -0.2) is 4.57 Å². The lowest BCUT2D eigenvalue weighted by molar-refractivity contribution is -0.735. The lowest BCUT2D eigenvalue weighted by atomic mass is 9.95. The summed E-state index contributed by atoms with van der Waals surface area (Å²) in [5, 5.41) is 0. The van der Waals surface area contributed by atoms with Crippen LogP contribution in [0.4, 0.5) is 0 Å². The van der Waals surface area contributed by atoms with Crippen LogP contribution < -0.4 is 4.57 Å². The van der Waals surface area contributed by atoms with Gasteiger partial charge in [0, 0.05) is 24.8 Å². The second kappa shape index (κ2) is 5.67. The fourth-order valence-corrected chi connectivity index (χ4v) is 3.66. The van der Waals surface area contributed by atoms with E-state index in [9.17, 15) is 0 Å². The largest absolute Gasteiger partial charge is 0.259 e. The molecule has 1 heterocycles. The molecule has 2 aromatic rings. The predicted molar refractivity (Wildman–Crippen MR) is 87.0 cm³/mol. The summed E-state index contributed by atoms with van der Waals surface area (Å²) in [5.74, 6) is 0.457. The average molecular weight is 286 g/mol. The standard InChI is InChI=1S/C19H27N2/c1-14-10-8-9-13-19(14)21-16(3)15(2)20(17(21)4)18-11-6-5-7-12-18/h8-10,13,18H,5-7,11-12H2,1-4H3/q+1/i4D3. The van der Waals surface area contributed by atoms with Crippen LogP contribution >= 0.6 is 0 Å². The Bertz CT molecular complexity index is 738. The summed E-state index contributed by atoms with van der Waals surface area (Å²) in [7, 11) is 0. The van der Waals surface area contributed by atoms with Gasteiger partial charge in [-0.3, -0.25) is 0 Å². The zero-order chi connectivity index (χ0) is 17.5. The Kier molecular flexibility index (Phi) is 2.98. The fraction of sp³-hybridized carbons (Fsp3) is 0.526. The summed E-state index contributed by atoms with van der Waals surface area (Å²) in [6.07, 6.45) is 5.78. The molecule has 2 heteroatoms. The van der Waals surface area contributed by atoms with E-state index in [1.165, 1.54) is 19.3 Å². The maximum atomic E-state index is 8.19. The molecule has 1 aliphatic carbocycles. The van der Waals surface area contributed by atoms with Crippen LogP contribution in [-0.2, 0) is 0 Å². The minimum Gasteiger partial charge on any atom is -0.229 e. The number of imidazole rings is 1. The van der Waals surface area contributed by atoms with E-state index in [-0.39, 0.29) is 0 Å². The van der Waals surface area contributed by atoms with Crippen molar-refractivity contribution < 1.29 is 8.68 Å². The van der Waals surface area contributed by atoms with Crippen molar-refractivity contribution in [3.63, 3.8) is 0 Å². The van der Waals surface area contributed by atoms with E-state index in [4.69, 9.17) is 4.11 Å². The second-order valence-corrected chi connectivity index (χ2v) is 6.28. The maximum Gasteiger partial charge on any atom is 0.259 e. The van der Waals surface area contributed by atoms with Gasteiger partial charge in [0.25, 0.3) is 5.82 Å². The third-order valence-electron chi connectivity index (χ3n) is 4.96. The third-order valence-corrected chi connectivity index (χ3v) is 4.96. The van der Waals surface area contributed by atoms with Gasteiger partial charge in [0.2, 0.25) is 0 Å². The van der Waals surface area contributed by atoms with Crippen LogP contribution in [0.25, 0.3) is 5.69 Å². The van der Waals surface area contributed by atoms with Crippen LogP contribution in [0, 0.1) is 27.6 Å². The van der Waals surface area contributed by atoms with E-state index >= 15 is 0 Å². The summed E-state index contributed by atoms with van der Waals surface area (Å²) >= 11 is 0. The molecule has 0 radical (unpaired) electrons. The molecule has 21 heavy (non-hydrogen) atoms. The Morgan fingerprint density at radius 1 is 1.10 bits per heavy atom. The summed E-state index contributed by atoms with van der Waals surface area (Å²) in [6, 6.07) is 8.33. The predicted octanol–water partition coefficient (Wildman–Crippen LogP) is 4.50. The normalized spacial score (nSPS) is 19.1. The molecule has 1 aromatic heterocycles. The van der Waals surface area contributed by atoms with Gasteiger partial charge in [0.15, 0.2) is 0 Å². The van der Waals surface area contributed by atoms with Gasteiger partial charge in [-0.05, 0) is 44.2 Å². The molecule has 1 aromatic carbocycles. The van der Waals surface area contributed by atoms with Crippen molar-refractivity contribution in [1.82, 2.24) is 4.57 Å². The van der Waals surface area contributed by atoms with Crippen LogP contribution in [0.3, 0.4) is 0 Å². The average Bonchev–Trinajstić information content (AvgIpc) is 2.81. The molecule has 0 atom stereocenters. The molecular weight excluding hydrogens is 256 g/mol. The highest BCUT2D eigenvalue weighted by Gasteiger charge is 2.30. The Balaban J connectivity index is 2.28. The van der Waals surface area contributed by atoms with Crippen molar-refractivity contribution in [3.8, 4) is 5.69 Å². The Hall–Kier alpha value is -1.57. The number of para-hydroxylation sites is 1. The topological polar surface area (TPSA) is 8.81 Å². The highest BCUT2D eigenvalue weighted by molar-refractivity contribution is 5.42. The number of aromatic nitrogens is 2. The number of hydrogen-bond acceptors (Lipinski definition) is 0. The van der Waals surface area contributed by atoms with Gasteiger partial charge < -0.3 is 0 Å². The van der Waals surface area contributed by atoms with E-state index in [1.54, 1.807) is 0 Å². The molecule has 1 saturated carbocycles. The maximum absolute atomic E-state index is 8.19. The van der Waals surface area contributed by atoms with E-state index < -0.39 is 6.85 Å². The van der Waals surface area contributed by atoms with Crippen molar-refractivity contribution in [3.05, 3.63) is 47.0 Å². The molecule has 0 aliphatic heterocycles. The summed E-state index contributed by atoms with van der Waals surface area (Å²) in [6.45, 7) is 4.00. The molecule has 0 unspecified atom stereocenters. The number of nitrogens with zero attached hydrogens (tertiary/aromatic N) is 2. The van der Waals surface area contributed by atoms with Crippen LogP contribution in [0.15, 0.2) is 24.3 Å². The van der Waals surface area contributed by atoms with Gasteiger partial charge in [-0.15, -0.1) is 0 Å². The first-order valence-corrected chi connectivity index (χ1v) is 8.02.